The molecule has 0 N–H and O–H groups in total. The van der Waals surface area contributed by atoms with Gasteiger partial charge in [0.05, 0.1) is 12.2 Å². The average Bonchev–Trinajstić information content (AvgIpc) is 2.68. The molecular formula is C22H24BrNO3. The minimum absolute atomic E-state index is 0.628. The minimum atomic E-state index is 0.628. The summed E-state index contributed by atoms with van der Waals surface area (Å²) >= 11 is 3.46. The van der Waals surface area contributed by atoms with Crippen molar-refractivity contribution in [2.75, 3.05) is 24.6 Å². The highest BCUT2D eigenvalue weighted by atomic mass is 79.9. The fourth-order valence-electron chi connectivity index (χ4n) is 3.59. The predicted molar refractivity (Wildman–Crippen MR) is 111 cm³/mol. The molecule has 0 aliphatic carbocycles. The van der Waals surface area contributed by atoms with Crippen molar-refractivity contribution in [1.29, 1.82) is 0 Å². The van der Waals surface area contributed by atoms with Crippen LogP contribution in [0.1, 0.15) is 45.5 Å². The Morgan fingerprint density at radius 2 is 1.93 bits per heavy atom. The van der Waals surface area contributed by atoms with Gasteiger partial charge in [0.15, 0.2) is 6.29 Å². The van der Waals surface area contributed by atoms with Crippen molar-refractivity contribution in [2.24, 2.45) is 5.92 Å². The number of aldehydes is 2. The van der Waals surface area contributed by atoms with Crippen LogP contribution in [0.3, 0.4) is 0 Å². The Morgan fingerprint density at radius 3 is 2.59 bits per heavy atom. The Bertz CT molecular complexity index is 813. The summed E-state index contributed by atoms with van der Waals surface area (Å²) in [6, 6.07) is 11.5. The van der Waals surface area contributed by atoms with Crippen LogP contribution >= 0.6 is 15.9 Å². The molecule has 5 heteroatoms. The van der Waals surface area contributed by atoms with Crippen molar-refractivity contribution < 1.29 is 14.3 Å². The second-order valence-electron chi connectivity index (χ2n) is 6.99. The largest absolute Gasteiger partial charge is 0.494 e. The van der Waals surface area contributed by atoms with Gasteiger partial charge in [0, 0.05) is 28.8 Å². The van der Waals surface area contributed by atoms with Crippen LogP contribution in [0.5, 0.6) is 5.75 Å². The van der Waals surface area contributed by atoms with Gasteiger partial charge >= 0.3 is 0 Å². The Morgan fingerprint density at radius 1 is 1.15 bits per heavy atom. The van der Waals surface area contributed by atoms with E-state index in [9.17, 15) is 9.59 Å². The SMILES string of the molecule is Cc1cc(OCCC2CCN(c3cccc(Br)c3C=O)CC2)ccc1C=O. The molecule has 4 nitrogen and oxygen atoms in total. The van der Waals surface area contributed by atoms with Gasteiger partial charge in [-0.15, -0.1) is 0 Å². The molecule has 1 heterocycles. The molecule has 1 aliphatic rings. The van der Waals surface area contributed by atoms with Crippen LogP contribution < -0.4 is 9.64 Å². The number of hydrogen-bond acceptors (Lipinski definition) is 4. The number of halogens is 1. The van der Waals surface area contributed by atoms with Gasteiger partial charge in [-0.05, 0) is 83.9 Å². The van der Waals surface area contributed by atoms with Gasteiger partial charge in [0.2, 0.25) is 0 Å². The van der Waals surface area contributed by atoms with Crippen LogP contribution in [0.25, 0.3) is 0 Å². The summed E-state index contributed by atoms with van der Waals surface area (Å²) in [5.41, 5.74) is 3.39. The van der Waals surface area contributed by atoms with Crippen molar-refractivity contribution >= 4 is 34.2 Å². The maximum Gasteiger partial charge on any atom is 0.153 e. The van der Waals surface area contributed by atoms with E-state index in [-0.39, 0.29) is 0 Å². The van der Waals surface area contributed by atoms with Crippen LogP contribution in [0, 0.1) is 12.8 Å². The van der Waals surface area contributed by atoms with E-state index < -0.39 is 0 Å². The molecule has 0 unspecified atom stereocenters. The van der Waals surface area contributed by atoms with E-state index in [1.165, 1.54) is 0 Å². The zero-order valence-electron chi connectivity index (χ0n) is 15.5. The number of nitrogens with zero attached hydrogens (tertiary/aromatic N) is 1. The van der Waals surface area contributed by atoms with Crippen molar-refractivity contribution in [3.8, 4) is 5.75 Å². The van der Waals surface area contributed by atoms with Crippen LogP contribution in [0.4, 0.5) is 5.69 Å². The van der Waals surface area contributed by atoms with Gasteiger partial charge in [-0.1, -0.05) is 6.07 Å². The van der Waals surface area contributed by atoms with Gasteiger partial charge in [0.25, 0.3) is 0 Å². The van der Waals surface area contributed by atoms with Crippen LogP contribution in [-0.2, 0) is 0 Å². The van der Waals surface area contributed by atoms with Gasteiger partial charge in [-0.25, -0.2) is 0 Å². The van der Waals surface area contributed by atoms with E-state index >= 15 is 0 Å². The fourth-order valence-corrected chi connectivity index (χ4v) is 4.04. The first-order chi connectivity index (χ1) is 13.1. The van der Waals surface area contributed by atoms with Crippen molar-refractivity contribution in [2.45, 2.75) is 26.2 Å². The third-order valence-electron chi connectivity index (χ3n) is 5.27. The number of aryl methyl sites for hydroxylation is 1. The fraction of sp³-hybridized carbons (Fsp3) is 0.364. The molecule has 0 radical (unpaired) electrons. The minimum Gasteiger partial charge on any atom is -0.494 e. The maximum absolute atomic E-state index is 11.4. The first-order valence-corrected chi connectivity index (χ1v) is 10.1. The van der Waals surface area contributed by atoms with E-state index in [0.29, 0.717) is 18.1 Å². The topological polar surface area (TPSA) is 46.6 Å². The van der Waals surface area contributed by atoms with Gasteiger partial charge < -0.3 is 9.64 Å². The second kappa shape index (κ2) is 9.18. The number of hydrogen-bond donors (Lipinski definition) is 0. The van der Waals surface area contributed by atoms with Gasteiger partial charge in [0.1, 0.15) is 12.0 Å². The van der Waals surface area contributed by atoms with Crippen LogP contribution in [-0.4, -0.2) is 32.3 Å². The zero-order chi connectivity index (χ0) is 19.2. The number of rotatable bonds is 7. The molecule has 0 bridgehead atoms. The van der Waals surface area contributed by atoms with Gasteiger partial charge in [-0.2, -0.15) is 0 Å². The lowest BCUT2D eigenvalue weighted by atomic mass is 9.93. The zero-order valence-corrected chi connectivity index (χ0v) is 17.1. The molecule has 2 aromatic carbocycles. The molecule has 0 atom stereocenters. The lowest BCUT2D eigenvalue weighted by Crippen LogP contribution is -2.34. The van der Waals surface area contributed by atoms with E-state index in [1.54, 1.807) is 6.07 Å². The molecule has 1 aliphatic heterocycles. The normalized spacial score (nSPS) is 14.8. The highest BCUT2D eigenvalue weighted by Gasteiger charge is 2.21. The summed E-state index contributed by atoms with van der Waals surface area (Å²) in [4.78, 5) is 24.6. The molecule has 142 valence electrons. The first kappa shape index (κ1) is 19.6. The predicted octanol–water partition coefficient (Wildman–Crippen LogP) is 5.07. The van der Waals surface area contributed by atoms with Gasteiger partial charge in [-0.3, -0.25) is 9.59 Å². The summed E-state index contributed by atoms with van der Waals surface area (Å²) in [6.45, 7) is 4.51. The Balaban J connectivity index is 1.49. The number of ether oxygens (including phenoxy) is 1. The average molecular weight is 430 g/mol. The molecule has 2 aromatic rings. The Kier molecular flexibility index (Phi) is 6.67. The standard InChI is InChI=1S/C22H24BrNO3/c1-16-13-19(6-5-18(16)14-25)27-12-9-17-7-10-24(11-8-17)22-4-2-3-21(23)20(22)15-26/h2-6,13-15,17H,7-12H2,1H3. The lowest BCUT2D eigenvalue weighted by molar-refractivity contribution is 0.111. The third kappa shape index (κ3) is 4.78. The van der Waals surface area contributed by atoms with Crippen molar-refractivity contribution in [3.63, 3.8) is 0 Å². The third-order valence-corrected chi connectivity index (χ3v) is 5.96. The highest BCUT2D eigenvalue weighted by molar-refractivity contribution is 9.10. The number of carbonyl (C=O) groups is 2. The molecule has 3 rings (SSSR count). The van der Waals surface area contributed by atoms with Crippen molar-refractivity contribution in [1.82, 2.24) is 0 Å². The second-order valence-corrected chi connectivity index (χ2v) is 7.85. The number of anilines is 1. The summed E-state index contributed by atoms with van der Waals surface area (Å²) in [6.07, 6.45) is 5.00. The summed E-state index contributed by atoms with van der Waals surface area (Å²) in [5.74, 6) is 1.45. The lowest BCUT2D eigenvalue weighted by Gasteiger charge is -2.34. The first-order valence-electron chi connectivity index (χ1n) is 9.29. The molecule has 0 amide bonds. The molecule has 0 saturated carbocycles. The molecule has 1 fully saturated rings. The van der Waals surface area contributed by atoms with Crippen LogP contribution in [0.15, 0.2) is 40.9 Å². The quantitative estimate of drug-likeness (QED) is 0.576. The summed E-state index contributed by atoms with van der Waals surface area (Å²) in [5, 5.41) is 0. The number of piperidine rings is 1. The van der Waals surface area contributed by atoms with E-state index in [1.807, 2.05) is 37.3 Å². The number of benzene rings is 2. The summed E-state index contributed by atoms with van der Waals surface area (Å²) in [7, 11) is 0. The molecule has 0 aromatic heterocycles. The Hall–Kier alpha value is -2.14. The molecule has 0 spiro atoms. The number of carbonyl (C=O) groups excluding carboxylic acids is 2. The van der Waals surface area contributed by atoms with E-state index in [2.05, 4.69) is 20.8 Å². The maximum atomic E-state index is 11.4. The smallest absolute Gasteiger partial charge is 0.153 e. The van der Waals surface area contributed by atoms with Crippen LogP contribution in [0.2, 0.25) is 0 Å². The van der Waals surface area contributed by atoms with Crippen molar-refractivity contribution in [3.05, 3.63) is 57.6 Å². The molecular weight excluding hydrogens is 406 g/mol. The molecule has 1 saturated heterocycles. The van der Waals surface area contributed by atoms with E-state index in [0.717, 1.165) is 72.0 Å². The Labute approximate surface area is 168 Å². The molecule has 27 heavy (non-hydrogen) atoms. The summed E-state index contributed by atoms with van der Waals surface area (Å²) < 4.78 is 6.72. The highest BCUT2D eigenvalue weighted by Crippen LogP contribution is 2.30. The monoisotopic (exact) mass is 429 g/mol. The van der Waals surface area contributed by atoms with E-state index in [4.69, 9.17) is 4.74 Å².